The first-order chi connectivity index (χ1) is 14.6. The molecule has 31 heavy (non-hydrogen) atoms. The topological polar surface area (TPSA) is 58.6 Å². The van der Waals surface area contributed by atoms with Crippen molar-refractivity contribution >= 4 is 23.6 Å². The quantitative estimate of drug-likeness (QED) is 0.620. The molecule has 2 aromatic rings. The van der Waals surface area contributed by atoms with Crippen LogP contribution >= 0.6 is 11.8 Å². The summed E-state index contributed by atoms with van der Waals surface area (Å²) in [6.07, 6.45) is 0. The van der Waals surface area contributed by atoms with Gasteiger partial charge in [0.2, 0.25) is 11.8 Å². The summed E-state index contributed by atoms with van der Waals surface area (Å²) >= 11 is 1.49. The summed E-state index contributed by atoms with van der Waals surface area (Å²) in [4.78, 5) is 27.3. The number of amides is 2. The van der Waals surface area contributed by atoms with Gasteiger partial charge >= 0.3 is 0 Å². The first-order valence-electron chi connectivity index (χ1n) is 10.2. The van der Waals surface area contributed by atoms with Gasteiger partial charge in [-0.1, -0.05) is 24.3 Å². The molecule has 0 heterocycles. The van der Waals surface area contributed by atoms with Crippen LogP contribution in [0.15, 0.2) is 48.5 Å². The third-order valence-corrected chi connectivity index (χ3v) is 5.57. The highest BCUT2D eigenvalue weighted by molar-refractivity contribution is 7.99. The van der Waals surface area contributed by atoms with Crippen molar-refractivity contribution in [2.75, 3.05) is 12.9 Å². The first-order valence-corrected chi connectivity index (χ1v) is 11.3. The van der Waals surface area contributed by atoms with Gasteiger partial charge < -0.3 is 15.0 Å². The van der Waals surface area contributed by atoms with Gasteiger partial charge in [-0.05, 0) is 63.1 Å². The second-order valence-electron chi connectivity index (χ2n) is 8.40. The lowest BCUT2D eigenvalue weighted by Gasteiger charge is -2.31. The molecule has 0 aliphatic heterocycles. The molecule has 0 saturated heterocycles. The number of nitrogens with zero attached hydrogens (tertiary/aromatic N) is 1. The van der Waals surface area contributed by atoms with Crippen LogP contribution in [-0.2, 0) is 21.9 Å². The van der Waals surface area contributed by atoms with Crippen LogP contribution in [0.4, 0.5) is 4.39 Å². The van der Waals surface area contributed by atoms with E-state index < -0.39 is 11.6 Å². The van der Waals surface area contributed by atoms with Crippen molar-refractivity contribution in [2.45, 2.75) is 51.6 Å². The van der Waals surface area contributed by atoms with E-state index in [1.54, 1.807) is 31.1 Å². The minimum atomic E-state index is -0.654. The number of carbonyl (C=O) groups excluding carboxylic acids is 2. The summed E-state index contributed by atoms with van der Waals surface area (Å²) in [7, 11) is 1.62. The second kappa shape index (κ2) is 11.2. The van der Waals surface area contributed by atoms with Gasteiger partial charge in [0.05, 0.1) is 12.9 Å². The Bertz CT molecular complexity index is 864. The van der Waals surface area contributed by atoms with E-state index in [0.717, 1.165) is 16.9 Å². The van der Waals surface area contributed by atoms with Crippen LogP contribution < -0.4 is 10.1 Å². The monoisotopic (exact) mass is 446 g/mol. The zero-order chi connectivity index (χ0) is 23.0. The summed E-state index contributed by atoms with van der Waals surface area (Å²) in [6.45, 7) is 7.65. The zero-order valence-electron chi connectivity index (χ0n) is 18.8. The number of hydrogen-bond acceptors (Lipinski definition) is 4. The molecule has 0 saturated carbocycles. The lowest BCUT2D eigenvalue weighted by Crippen LogP contribution is -2.52. The predicted octanol–water partition coefficient (Wildman–Crippen LogP) is 4.40. The second-order valence-corrected chi connectivity index (χ2v) is 9.39. The first kappa shape index (κ1) is 24.7. The van der Waals surface area contributed by atoms with Crippen molar-refractivity contribution in [3.8, 4) is 5.75 Å². The maximum absolute atomic E-state index is 13.3. The van der Waals surface area contributed by atoms with Crippen LogP contribution in [0.1, 0.15) is 38.8 Å². The van der Waals surface area contributed by atoms with Gasteiger partial charge in [0.1, 0.15) is 17.6 Å². The Hall–Kier alpha value is -2.54. The van der Waals surface area contributed by atoms with Crippen LogP contribution in [0.3, 0.4) is 0 Å². The average Bonchev–Trinajstić information content (AvgIpc) is 2.72. The van der Waals surface area contributed by atoms with Crippen LogP contribution in [-0.4, -0.2) is 41.2 Å². The lowest BCUT2D eigenvalue weighted by molar-refractivity contribution is -0.139. The van der Waals surface area contributed by atoms with Gasteiger partial charge in [-0.15, -0.1) is 11.8 Å². The molecular weight excluding hydrogens is 415 g/mol. The van der Waals surface area contributed by atoms with Gasteiger partial charge in [0.25, 0.3) is 0 Å². The summed E-state index contributed by atoms with van der Waals surface area (Å²) < 4.78 is 18.4. The Kier molecular flexibility index (Phi) is 8.92. The molecule has 1 atom stereocenters. The number of rotatable bonds is 9. The lowest BCUT2D eigenvalue weighted by atomic mass is 10.1. The van der Waals surface area contributed by atoms with Gasteiger partial charge in [0.15, 0.2) is 0 Å². The molecule has 0 bridgehead atoms. The summed E-state index contributed by atoms with van der Waals surface area (Å²) in [5, 5.41) is 2.93. The molecule has 2 aromatic carbocycles. The summed E-state index contributed by atoms with van der Waals surface area (Å²) in [5.41, 5.74) is 1.45. The highest BCUT2D eigenvalue weighted by atomic mass is 32.2. The number of carbonyl (C=O) groups is 2. The normalized spacial score (nSPS) is 12.2. The van der Waals surface area contributed by atoms with Gasteiger partial charge in [-0.2, -0.15) is 0 Å². The standard InChI is InChI=1S/C24H31FN2O3S/c1-17(23(29)26-24(2,3)4)27(14-18-6-10-20(25)11-7-18)22(28)16-31-15-19-8-12-21(30-5)13-9-19/h6-13,17H,14-16H2,1-5H3,(H,26,29). The number of benzene rings is 2. The third kappa shape index (κ3) is 8.25. The Labute approximate surface area is 188 Å². The molecule has 0 fully saturated rings. The van der Waals surface area contributed by atoms with Gasteiger partial charge in [-0.3, -0.25) is 9.59 Å². The largest absolute Gasteiger partial charge is 0.497 e. The molecular formula is C24H31FN2O3S. The highest BCUT2D eigenvalue weighted by Crippen LogP contribution is 2.19. The fraction of sp³-hybridized carbons (Fsp3) is 0.417. The van der Waals surface area contributed by atoms with Crippen LogP contribution in [0.5, 0.6) is 5.75 Å². The molecule has 2 rings (SSSR count). The summed E-state index contributed by atoms with van der Waals surface area (Å²) in [6, 6.07) is 13.0. The van der Waals surface area contributed by atoms with E-state index in [0.29, 0.717) is 5.75 Å². The molecule has 1 N–H and O–H groups in total. The molecule has 168 valence electrons. The van der Waals surface area contributed by atoms with Gasteiger partial charge in [0, 0.05) is 17.8 Å². The zero-order valence-corrected chi connectivity index (χ0v) is 19.6. The molecule has 7 heteroatoms. The van der Waals surface area contributed by atoms with E-state index in [-0.39, 0.29) is 29.9 Å². The Morgan fingerprint density at radius 3 is 2.19 bits per heavy atom. The molecule has 0 aromatic heterocycles. The van der Waals surface area contributed by atoms with E-state index in [2.05, 4.69) is 5.32 Å². The number of halogens is 1. The van der Waals surface area contributed by atoms with Crippen LogP contribution in [0.25, 0.3) is 0 Å². The Balaban J connectivity index is 2.06. The highest BCUT2D eigenvalue weighted by Gasteiger charge is 2.28. The fourth-order valence-electron chi connectivity index (χ4n) is 2.90. The molecule has 0 radical (unpaired) electrons. The average molecular weight is 447 g/mol. The number of methoxy groups -OCH3 is 1. The van der Waals surface area contributed by atoms with E-state index >= 15 is 0 Å². The number of ether oxygens (including phenoxy) is 1. The van der Waals surface area contributed by atoms with E-state index in [9.17, 15) is 14.0 Å². The predicted molar refractivity (Wildman–Crippen MR) is 123 cm³/mol. The molecule has 0 spiro atoms. The van der Waals surface area contributed by atoms with Crippen molar-refractivity contribution in [1.82, 2.24) is 10.2 Å². The van der Waals surface area contributed by atoms with E-state index in [1.165, 1.54) is 23.9 Å². The van der Waals surface area contributed by atoms with Crippen molar-refractivity contribution in [1.29, 1.82) is 0 Å². The van der Waals surface area contributed by atoms with Crippen LogP contribution in [0.2, 0.25) is 0 Å². The van der Waals surface area contributed by atoms with E-state index in [4.69, 9.17) is 4.74 Å². The maximum Gasteiger partial charge on any atom is 0.242 e. The number of thioether (sulfide) groups is 1. The smallest absolute Gasteiger partial charge is 0.242 e. The molecule has 2 amide bonds. The van der Waals surface area contributed by atoms with Crippen molar-refractivity contribution < 1.29 is 18.7 Å². The van der Waals surface area contributed by atoms with Crippen LogP contribution in [0, 0.1) is 5.82 Å². The minimum absolute atomic E-state index is 0.139. The molecule has 5 nitrogen and oxygen atoms in total. The van der Waals surface area contributed by atoms with Crippen molar-refractivity contribution in [3.05, 3.63) is 65.5 Å². The SMILES string of the molecule is COc1ccc(CSCC(=O)N(Cc2ccc(F)cc2)C(C)C(=O)NC(C)(C)C)cc1. The van der Waals surface area contributed by atoms with Crippen molar-refractivity contribution in [2.24, 2.45) is 0 Å². The molecule has 1 unspecified atom stereocenters. The van der Waals surface area contributed by atoms with Gasteiger partial charge in [-0.25, -0.2) is 4.39 Å². The fourth-order valence-corrected chi connectivity index (χ4v) is 3.77. The third-order valence-electron chi connectivity index (χ3n) is 4.58. The van der Waals surface area contributed by atoms with E-state index in [1.807, 2.05) is 45.0 Å². The molecule has 0 aliphatic carbocycles. The Morgan fingerprint density at radius 2 is 1.65 bits per heavy atom. The summed E-state index contributed by atoms with van der Waals surface area (Å²) in [5.74, 6) is 0.995. The minimum Gasteiger partial charge on any atom is -0.497 e. The maximum atomic E-state index is 13.3. The van der Waals surface area contributed by atoms with Crippen molar-refractivity contribution in [3.63, 3.8) is 0 Å². The number of hydrogen-bond donors (Lipinski definition) is 1. The number of nitrogens with one attached hydrogen (secondary N) is 1. The Morgan fingerprint density at radius 1 is 1.06 bits per heavy atom. The molecule has 0 aliphatic rings.